The van der Waals surface area contributed by atoms with Crippen molar-refractivity contribution >= 4 is 39.9 Å². The molecule has 0 fully saturated rings. The Morgan fingerprint density at radius 2 is 1.55 bits per heavy atom. The first-order chi connectivity index (χ1) is 18.5. The second kappa shape index (κ2) is 9.92. The number of aromatic nitrogens is 2. The van der Waals surface area contributed by atoms with Gasteiger partial charge in [0, 0.05) is 42.2 Å². The van der Waals surface area contributed by atoms with Crippen LogP contribution in [0.3, 0.4) is 0 Å². The third-order valence-corrected chi connectivity index (χ3v) is 7.22. The lowest BCUT2D eigenvalue weighted by Crippen LogP contribution is -2.21. The Hall–Kier alpha value is -4.22. The zero-order valence-electron chi connectivity index (χ0n) is 21.6. The lowest BCUT2D eigenvalue weighted by molar-refractivity contribution is 0.688. The van der Waals surface area contributed by atoms with E-state index in [0.717, 1.165) is 45.5 Å². The van der Waals surface area contributed by atoms with Crippen LogP contribution >= 0.6 is 11.6 Å². The van der Waals surface area contributed by atoms with Gasteiger partial charge in [-0.25, -0.2) is 15.0 Å². The number of rotatable bonds is 5. The molecule has 188 valence electrons. The van der Waals surface area contributed by atoms with Crippen LogP contribution in [0, 0.1) is 6.92 Å². The summed E-state index contributed by atoms with van der Waals surface area (Å²) in [6.45, 7) is 2.12. The Bertz CT molecular complexity index is 1640. The minimum absolute atomic E-state index is 0.0161. The molecule has 2 heterocycles. The number of anilines is 2. The highest BCUT2D eigenvalue weighted by atomic mass is 35.5. The summed E-state index contributed by atoms with van der Waals surface area (Å²) in [5.41, 5.74) is 8.43. The van der Waals surface area contributed by atoms with Crippen LogP contribution in [0.15, 0.2) is 102 Å². The molecule has 1 aliphatic heterocycles. The second-order valence-corrected chi connectivity index (χ2v) is 10.3. The zero-order chi connectivity index (χ0) is 26.2. The van der Waals surface area contributed by atoms with Crippen LogP contribution < -0.4 is 9.91 Å². The average molecular weight is 518 g/mol. The fourth-order valence-electron chi connectivity index (χ4n) is 4.95. The highest BCUT2D eigenvalue weighted by Crippen LogP contribution is 2.38. The fraction of sp³-hybridized carbons (Fsp3) is 0.156. The van der Waals surface area contributed by atoms with E-state index in [-0.39, 0.29) is 6.04 Å². The largest absolute Gasteiger partial charge is 0.378 e. The maximum absolute atomic E-state index is 6.19. The molecule has 1 atom stereocenters. The van der Waals surface area contributed by atoms with Gasteiger partial charge in [0.25, 0.3) is 0 Å². The molecular weight excluding hydrogens is 490 g/mol. The van der Waals surface area contributed by atoms with Crippen LogP contribution in [0.1, 0.15) is 29.2 Å². The Labute approximate surface area is 228 Å². The van der Waals surface area contributed by atoms with Crippen molar-refractivity contribution in [1.29, 1.82) is 0 Å². The standard InChI is InChI=1S/C32H28ClN5/c1-21-7-6-8-24(19-21)30-20-29(22-13-17-26(18-14-22)37(2)3)36-38(30)32-34-28-10-5-4-9-27(28)31(35-32)23-11-15-25(33)16-12-23/h4-19,30H,20H2,1-3H3/t30-/m0/s1. The quantitative estimate of drug-likeness (QED) is 0.240. The fourth-order valence-corrected chi connectivity index (χ4v) is 5.08. The van der Waals surface area contributed by atoms with Crippen molar-refractivity contribution in [3.05, 3.63) is 119 Å². The Kier molecular flexibility index (Phi) is 6.30. The van der Waals surface area contributed by atoms with E-state index in [2.05, 4.69) is 66.4 Å². The summed E-state index contributed by atoms with van der Waals surface area (Å²) in [6, 6.07) is 33.1. The highest BCUT2D eigenvalue weighted by molar-refractivity contribution is 6.30. The molecule has 0 amide bonds. The summed E-state index contributed by atoms with van der Waals surface area (Å²) in [5, 5.41) is 8.82. The van der Waals surface area contributed by atoms with Crippen molar-refractivity contribution in [2.24, 2.45) is 5.10 Å². The summed E-state index contributed by atoms with van der Waals surface area (Å²) < 4.78 is 0. The van der Waals surface area contributed by atoms with Gasteiger partial charge in [0.15, 0.2) is 0 Å². The molecule has 5 aromatic rings. The normalized spacial score (nSPS) is 15.1. The van der Waals surface area contributed by atoms with Gasteiger partial charge in [-0.15, -0.1) is 0 Å². The van der Waals surface area contributed by atoms with E-state index in [1.807, 2.05) is 61.6 Å². The molecule has 38 heavy (non-hydrogen) atoms. The van der Waals surface area contributed by atoms with Crippen molar-refractivity contribution in [3.8, 4) is 11.3 Å². The molecule has 0 saturated carbocycles. The van der Waals surface area contributed by atoms with Gasteiger partial charge >= 0.3 is 0 Å². The smallest absolute Gasteiger partial charge is 0.247 e. The minimum Gasteiger partial charge on any atom is -0.378 e. The maximum Gasteiger partial charge on any atom is 0.247 e. The van der Waals surface area contributed by atoms with Crippen LogP contribution in [-0.4, -0.2) is 29.8 Å². The summed E-state index contributed by atoms with van der Waals surface area (Å²) in [5.74, 6) is 0.583. The number of para-hydroxylation sites is 1. The number of nitrogens with zero attached hydrogens (tertiary/aromatic N) is 5. The van der Waals surface area contributed by atoms with Gasteiger partial charge in [0.05, 0.1) is 23.0 Å². The van der Waals surface area contributed by atoms with Gasteiger partial charge in [0.2, 0.25) is 5.95 Å². The summed E-state index contributed by atoms with van der Waals surface area (Å²) in [7, 11) is 4.10. The average Bonchev–Trinajstić information content (AvgIpc) is 3.39. The first-order valence-electron chi connectivity index (χ1n) is 12.7. The number of benzene rings is 4. The zero-order valence-corrected chi connectivity index (χ0v) is 22.4. The van der Waals surface area contributed by atoms with Crippen molar-refractivity contribution in [3.63, 3.8) is 0 Å². The molecule has 0 spiro atoms. The molecule has 0 radical (unpaired) electrons. The van der Waals surface area contributed by atoms with Gasteiger partial charge in [-0.1, -0.05) is 83.9 Å². The summed E-state index contributed by atoms with van der Waals surface area (Å²) in [4.78, 5) is 12.2. The second-order valence-electron chi connectivity index (χ2n) is 9.86. The molecule has 4 aromatic carbocycles. The van der Waals surface area contributed by atoms with Crippen molar-refractivity contribution in [1.82, 2.24) is 9.97 Å². The number of halogens is 1. The van der Waals surface area contributed by atoms with Crippen LogP contribution in [0.2, 0.25) is 5.02 Å². The minimum atomic E-state index is -0.0161. The molecule has 1 aromatic heterocycles. The van der Waals surface area contributed by atoms with Crippen molar-refractivity contribution < 1.29 is 0 Å². The number of aryl methyl sites for hydroxylation is 1. The SMILES string of the molecule is Cc1cccc([C@@H]2CC(c3ccc(N(C)C)cc3)=NN2c2nc(-c3ccc(Cl)cc3)c3ccccc3n2)c1. The van der Waals surface area contributed by atoms with Crippen LogP contribution in [0.25, 0.3) is 22.2 Å². The summed E-state index contributed by atoms with van der Waals surface area (Å²) >= 11 is 6.19. The third-order valence-electron chi connectivity index (χ3n) is 6.97. The Balaban J connectivity index is 1.50. The number of fused-ring (bicyclic) bond motifs is 1. The van der Waals surface area contributed by atoms with Gasteiger partial charge in [-0.05, 0) is 48.4 Å². The van der Waals surface area contributed by atoms with E-state index >= 15 is 0 Å². The van der Waals surface area contributed by atoms with Gasteiger partial charge in [-0.2, -0.15) is 5.10 Å². The lowest BCUT2D eigenvalue weighted by atomic mass is 9.97. The molecule has 0 unspecified atom stereocenters. The van der Waals surface area contributed by atoms with E-state index in [9.17, 15) is 0 Å². The molecular formula is C32H28ClN5. The predicted molar refractivity (Wildman–Crippen MR) is 158 cm³/mol. The highest BCUT2D eigenvalue weighted by Gasteiger charge is 2.32. The third kappa shape index (κ3) is 4.61. The van der Waals surface area contributed by atoms with E-state index in [0.29, 0.717) is 11.0 Å². The van der Waals surface area contributed by atoms with Crippen molar-refractivity contribution in [2.75, 3.05) is 24.0 Å². The predicted octanol–water partition coefficient (Wildman–Crippen LogP) is 7.68. The molecule has 0 N–H and O–H groups in total. The van der Waals surface area contributed by atoms with E-state index in [1.165, 1.54) is 11.1 Å². The number of hydrazone groups is 1. The molecule has 5 nitrogen and oxygen atoms in total. The molecule has 0 saturated heterocycles. The van der Waals surface area contributed by atoms with E-state index in [4.69, 9.17) is 26.7 Å². The molecule has 6 rings (SSSR count). The van der Waals surface area contributed by atoms with Gasteiger partial charge < -0.3 is 4.90 Å². The summed E-state index contributed by atoms with van der Waals surface area (Å²) in [6.07, 6.45) is 0.761. The maximum atomic E-state index is 6.19. The van der Waals surface area contributed by atoms with Gasteiger partial charge in [-0.3, -0.25) is 0 Å². The van der Waals surface area contributed by atoms with Crippen molar-refractivity contribution in [2.45, 2.75) is 19.4 Å². The van der Waals surface area contributed by atoms with Crippen LogP contribution in [0.5, 0.6) is 0 Å². The topological polar surface area (TPSA) is 44.6 Å². The first kappa shape index (κ1) is 24.1. The number of hydrogen-bond donors (Lipinski definition) is 0. The number of hydrogen-bond acceptors (Lipinski definition) is 5. The monoisotopic (exact) mass is 517 g/mol. The Morgan fingerprint density at radius 3 is 2.29 bits per heavy atom. The van der Waals surface area contributed by atoms with E-state index < -0.39 is 0 Å². The van der Waals surface area contributed by atoms with Gasteiger partial charge in [0.1, 0.15) is 0 Å². The first-order valence-corrected chi connectivity index (χ1v) is 13.1. The Morgan fingerprint density at radius 1 is 0.816 bits per heavy atom. The molecule has 6 heteroatoms. The molecule has 1 aliphatic rings. The van der Waals surface area contributed by atoms with Crippen LogP contribution in [0.4, 0.5) is 11.6 Å². The molecule has 0 aliphatic carbocycles. The van der Waals surface area contributed by atoms with E-state index in [1.54, 1.807) is 0 Å². The molecule has 0 bridgehead atoms. The lowest BCUT2D eigenvalue weighted by Gasteiger charge is -2.23. The van der Waals surface area contributed by atoms with Crippen LogP contribution in [-0.2, 0) is 0 Å².